The van der Waals surface area contributed by atoms with E-state index in [2.05, 4.69) is 10.6 Å². The van der Waals surface area contributed by atoms with Crippen molar-refractivity contribution >= 4 is 11.8 Å². The number of hydrogen-bond acceptors (Lipinski definition) is 3. The van der Waals surface area contributed by atoms with Gasteiger partial charge in [0.15, 0.2) is 0 Å². The quantitative estimate of drug-likeness (QED) is 0.641. The van der Waals surface area contributed by atoms with Crippen molar-refractivity contribution in [1.29, 1.82) is 0 Å². The number of benzene rings is 3. The lowest BCUT2D eigenvalue weighted by Gasteiger charge is -2.29. The molecule has 0 saturated carbocycles. The average molecular weight is 400 g/mol. The highest BCUT2D eigenvalue weighted by Gasteiger charge is 2.33. The third-order valence-corrected chi connectivity index (χ3v) is 5.16. The second-order valence-electron chi connectivity index (χ2n) is 7.43. The summed E-state index contributed by atoms with van der Waals surface area (Å²) in [5.41, 5.74) is 3.08. The summed E-state index contributed by atoms with van der Waals surface area (Å²) in [5.74, 6) is 0.467. The maximum Gasteiger partial charge on any atom is 0.243 e. The zero-order valence-electron chi connectivity index (χ0n) is 16.6. The van der Waals surface area contributed by atoms with Gasteiger partial charge in [-0.3, -0.25) is 9.59 Å². The highest BCUT2D eigenvalue weighted by molar-refractivity contribution is 5.97. The van der Waals surface area contributed by atoms with Crippen molar-refractivity contribution in [1.82, 2.24) is 10.6 Å². The Labute approximate surface area is 176 Å². The lowest BCUT2D eigenvalue weighted by Crippen LogP contribution is -2.62. The number of carbonyl (C=O) groups is 2. The largest absolute Gasteiger partial charge is 0.489 e. The van der Waals surface area contributed by atoms with Gasteiger partial charge in [-0.1, -0.05) is 72.8 Å². The number of hydrogen-bond donors (Lipinski definition) is 2. The molecule has 2 amide bonds. The molecule has 5 nitrogen and oxygen atoms in total. The van der Waals surface area contributed by atoms with Crippen LogP contribution in [0.3, 0.4) is 0 Å². The molecule has 3 aromatic carbocycles. The van der Waals surface area contributed by atoms with Crippen LogP contribution in [0.4, 0.5) is 0 Å². The van der Waals surface area contributed by atoms with E-state index in [1.54, 1.807) is 0 Å². The second kappa shape index (κ2) is 9.27. The summed E-state index contributed by atoms with van der Waals surface area (Å²) in [6, 6.07) is 26.2. The molecule has 4 rings (SSSR count). The van der Waals surface area contributed by atoms with Crippen LogP contribution in [0.1, 0.15) is 16.7 Å². The molecule has 152 valence electrons. The fourth-order valence-electron chi connectivity index (χ4n) is 3.51. The molecule has 2 atom stereocenters. The van der Waals surface area contributed by atoms with Crippen LogP contribution in [-0.2, 0) is 29.0 Å². The summed E-state index contributed by atoms with van der Waals surface area (Å²) in [6.07, 6.45) is 0.924. The molecule has 0 unspecified atom stereocenters. The number of nitrogens with one attached hydrogen (secondary N) is 2. The van der Waals surface area contributed by atoms with Gasteiger partial charge in [0.05, 0.1) is 0 Å². The van der Waals surface area contributed by atoms with Crippen molar-refractivity contribution in [3.8, 4) is 5.75 Å². The molecule has 0 spiro atoms. The fraction of sp³-hybridized carbons (Fsp3) is 0.200. The summed E-state index contributed by atoms with van der Waals surface area (Å²) in [6.45, 7) is 0.504. The predicted octanol–water partition coefficient (Wildman–Crippen LogP) is 3.03. The smallest absolute Gasteiger partial charge is 0.243 e. The van der Waals surface area contributed by atoms with E-state index in [4.69, 9.17) is 4.74 Å². The van der Waals surface area contributed by atoms with E-state index in [9.17, 15) is 9.59 Å². The van der Waals surface area contributed by atoms with E-state index in [0.29, 0.717) is 19.4 Å². The molecule has 5 heteroatoms. The molecule has 0 radical (unpaired) electrons. The monoisotopic (exact) mass is 400 g/mol. The maximum atomic E-state index is 12.5. The van der Waals surface area contributed by atoms with Crippen molar-refractivity contribution in [3.63, 3.8) is 0 Å². The molecule has 30 heavy (non-hydrogen) atoms. The van der Waals surface area contributed by atoms with Crippen molar-refractivity contribution in [3.05, 3.63) is 102 Å². The van der Waals surface area contributed by atoms with Gasteiger partial charge in [0.2, 0.25) is 11.8 Å². The Hall–Kier alpha value is -3.60. The molecule has 0 bridgehead atoms. The van der Waals surface area contributed by atoms with Crippen LogP contribution < -0.4 is 15.4 Å². The Morgan fingerprint density at radius 2 is 1.07 bits per heavy atom. The lowest BCUT2D eigenvalue weighted by molar-refractivity contribution is -0.136. The molecule has 1 aliphatic rings. The molecule has 1 fully saturated rings. The topological polar surface area (TPSA) is 67.4 Å². The first-order chi connectivity index (χ1) is 14.7. The molecular formula is C25H24N2O3. The first-order valence-corrected chi connectivity index (χ1v) is 10.1. The second-order valence-corrected chi connectivity index (χ2v) is 7.43. The summed E-state index contributed by atoms with van der Waals surface area (Å²) in [5, 5.41) is 5.72. The molecule has 1 saturated heterocycles. The first-order valence-electron chi connectivity index (χ1n) is 10.1. The minimum atomic E-state index is -0.569. The van der Waals surface area contributed by atoms with E-state index in [1.165, 1.54) is 0 Å². The standard InChI is InChI=1S/C25H24N2O3/c28-24-22(15-18-7-3-1-4-8-18)26-25(29)23(27-24)16-19-11-13-21(14-12-19)30-17-20-9-5-2-6-10-20/h1-14,22-23H,15-17H2,(H,26,29)(H,27,28)/t22-,23+/m0/s1. The Kier molecular flexibility index (Phi) is 6.09. The van der Waals surface area contributed by atoms with Crippen molar-refractivity contribution in [2.45, 2.75) is 31.5 Å². The van der Waals surface area contributed by atoms with Gasteiger partial charge < -0.3 is 15.4 Å². The Morgan fingerprint density at radius 3 is 1.60 bits per heavy atom. The minimum Gasteiger partial charge on any atom is -0.489 e. The van der Waals surface area contributed by atoms with Crippen LogP contribution in [0.5, 0.6) is 5.75 Å². The number of amides is 2. The first kappa shape index (κ1) is 19.7. The van der Waals surface area contributed by atoms with Gasteiger partial charge >= 0.3 is 0 Å². The zero-order chi connectivity index (χ0) is 20.8. The lowest BCUT2D eigenvalue weighted by atomic mass is 9.98. The zero-order valence-corrected chi connectivity index (χ0v) is 16.6. The number of carbonyl (C=O) groups excluding carboxylic acids is 2. The van der Waals surface area contributed by atoms with Crippen LogP contribution in [0.2, 0.25) is 0 Å². The van der Waals surface area contributed by atoms with Crippen LogP contribution in [0, 0.1) is 0 Å². The molecule has 0 aliphatic carbocycles. The Bertz CT molecular complexity index is 988. The summed E-state index contributed by atoms with van der Waals surface area (Å²) in [7, 11) is 0. The van der Waals surface area contributed by atoms with Gasteiger partial charge in [-0.25, -0.2) is 0 Å². The summed E-state index contributed by atoms with van der Waals surface area (Å²) >= 11 is 0. The van der Waals surface area contributed by atoms with Gasteiger partial charge in [-0.05, 0) is 28.8 Å². The minimum absolute atomic E-state index is 0.147. The van der Waals surface area contributed by atoms with Crippen LogP contribution >= 0.6 is 0 Å². The summed E-state index contributed by atoms with van der Waals surface area (Å²) < 4.78 is 5.80. The Balaban J connectivity index is 1.31. The number of piperazine rings is 1. The fourth-order valence-corrected chi connectivity index (χ4v) is 3.51. The molecule has 1 aliphatic heterocycles. The average Bonchev–Trinajstić information content (AvgIpc) is 2.78. The van der Waals surface area contributed by atoms with Crippen molar-refractivity contribution in [2.24, 2.45) is 0 Å². The van der Waals surface area contributed by atoms with E-state index in [-0.39, 0.29) is 11.8 Å². The van der Waals surface area contributed by atoms with E-state index in [1.807, 2.05) is 84.9 Å². The number of rotatable bonds is 7. The van der Waals surface area contributed by atoms with Crippen molar-refractivity contribution < 1.29 is 14.3 Å². The SMILES string of the molecule is O=C1N[C@H](Cc2ccc(OCc3ccccc3)cc2)C(=O)N[C@H]1Cc1ccccc1. The van der Waals surface area contributed by atoms with Crippen molar-refractivity contribution in [2.75, 3.05) is 0 Å². The Morgan fingerprint density at radius 1 is 0.600 bits per heavy atom. The molecule has 3 aromatic rings. The maximum absolute atomic E-state index is 12.5. The van der Waals surface area contributed by atoms with Crippen LogP contribution in [0.25, 0.3) is 0 Å². The van der Waals surface area contributed by atoms with E-state index in [0.717, 1.165) is 22.4 Å². The molecular weight excluding hydrogens is 376 g/mol. The van der Waals surface area contributed by atoms with E-state index >= 15 is 0 Å². The normalized spacial score (nSPS) is 18.4. The van der Waals surface area contributed by atoms with Gasteiger partial charge in [0.1, 0.15) is 24.4 Å². The highest BCUT2D eigenvalue weighted by Crippen LogP contribution is 2.16. The molecule has 2 N–H and O–H groups in total. The number of ether oxygens (including phenoxy) is 1. The van der Waals surface area contributed by atoms with Gasteiger partial charge in [0.25, 0.3) is 0 Å². The van der Waals surface area contributed by atoms with Gasteiger partial charge in [0, 0.05) is 12.8 Å². The van der Waals surface area contributed by atoms with E-state index < -0.39 is 12.1 Å². The molecule has 0 aromatic heterocycles. The predicted molar refractivity (Wildman–Crippen MR) is 115 cm³/mol. The third kappa shape index (κ3) is 5.06. The van der Waals surface area contributed by atoms with Crippen LogP contribution in [0.15, 0.2) is 84.9 Å². The van der Waals surface area contributed by atoms with Gasteiger partial charge in [-0.15, -0.1) is 0 Å². The van der Waals surface area contributed by atoms with Gasteiger partial charge in [-0.2, -0.15) is 0 Å². The summed E-state index contributed by atoms with van der Waals surface area (Å²) in [4.78, 5) is 25.0. The van der Waals surface area contributed by atoms with Crippen LogP contribution in [-0.4, -0.2) is 23.9 Å². The highest BCUT2D eigenvalue weighted by atomic mass is 16.5. The molecule has 1 heterocycles. The third-order valence-electron chi connectivity index (χ3n) is 5.16.